The van der Waals surface area contributed by atoms with Gasteiger partial charge in [0.2, 0.25) is 0 Å². The van der Waals surface area contributed by atoms with Crippen molar-refractivity contribution in [2.24, 2.45) is 16.5 Å². The summed E-state index contributed by atoms with van der Waals surface area (Å²) in [5, 5.41) is 17.1. The average Bonchev–Trinajstić information content (AvgIpc) is 3.72. The zero-order valence-corrected chi connectivity index (χ0v) is 27.0. The fraction of sp³-hybridized carbons (Fsp3) is 0.250. The van der Waals surface area contributed by atoms with Crippen LogP contribution >= 0.6 is 11.3 Å². The number of hydrogen-bond donors (Lipinski definition) is 7. The van der Waals surface area contributed by atoms with Gasteiger partial charge in [-0.05, 0) is 62.9 Å². The van der Waals surface area contributed by atoms with Crippen molar-refractivity contribution < 1.29 is 28.2 Å². The molecule has 0 radical (unpaired) electrons. The Bertz CT molecular complexity index is 1810. The zero-order chi connectivity index (χ0) is 33.4. The Labute approximate surface area is 276 Å². The molecule has 1 unspecified atom stereocenters. The lowest BCUT2D eigenvalue weighted by atomic mass is 9.97. The van der Waals surface area contributed by atoms with Crippen molar-refractivity contribution in [1.82, 2.24) is 15.6 Å². The number of nitrogens with one attached hydrogen (secondary N) is 3. The Morgan fingerprint density at radius 2 is 1.96 bits per heavy atom. The molecule has 13 nitrogen and oxygen atoms in total. The smallest absolute Gasteiger partial charge is 0.350 e. The normalized spacial score (nSPS) is 13.9. The molecular weight excluding hydrogens is 643 g/mol. The molecule has 47 heavy (non-hydrogen) atoms. The van der Waals surface area contributed by atoms with Gasteiger partial charge in [0.05, 0.1) is 6.61 Å². The highest BCUT2D eigenvalue weighted by atomic mass is 32.3. The van der Waals surface area contributed by atoms with Gasteiger partial charge in [0, 0.05) is 50.1 Å². The van der Waals surface area contributed by atoms with E-state index >= 15 is 0 Å². The quantitative estimate of drug-likeness (QED) is 0.0420. The van der Waals surface area contributed by atoms with Gasteiger partial charge in [0.1, 0.15) is 16.6 Å². The molecule has 0 saturated carbocycles. The number of nitrogens with zero attached hydrogens (tertiary/aromatic N) is 2. The standard InChI is InChI=1S/C32H35N7O6S2/c33-32(34)37-12-4-8-26(31(41)42)38-30(40)29-25(10-14-46-29)39-47(43,44)27-16-23(15-21-9-13-45-28(21)27)24-7-2-1-6-22(24)19-36-18-20-5-3-11-35-17-20/h1-3,5-7,10-11,14-17,26,36H,4,8-9,12-13,18-19H2,(H7-,33,34,37,38,39,40,41,42,43,44)/p+1/t26-/m0/s1. The van der Waals surface area contributed by atoms with Crippen LogP contribution in [0.4, 0.5) is 5.69 Å². The summed E-state index contributed by atoms with van der Waals surface area (Å²) in [4.78, 5) is 33.1. The van der Waals surface area contributed by atoms with E-state index in [1.165, 1.54) is 6.07 Å². The highest BCUT2D eigenvalue weighted by molar-refractivity contribution is 7.99. The molecule has 1 amide bonds. The van der Waals surface area contributed by atoms with Crippen LogP contribution in [0.25, 0.3) is 11.1 Å². The fourth-order valence-corrected chi connectivity index (χ4v) is 7.31. The Morgan fingerprint density at radius 1 is 1.13 bits per heavy atom. The van der Waals surface area contributed by atoms with E-state index in [4.69, 9.17) is 16.2 Å². The number of carboxylic acids is 1. The van der Waals surface area contributed by atoms with E-state index in [2.05, 4.69) is 25.3 Å². The minimum Gasteiger partial charge on any atom is -0.488 e. The lowest BCUT2D eigenvalue weighted by Gasteiger charge is -2.16. The maximum absolute atomic E-state index is 14.0. The minimum absolute atomic E-state index is 0.0565. The number of thiophene rings is 1. The third-order valence-electron chi connectivity index (χ3n) is 7.41. The number of aromatic nitrogens is 1. The molecule has 5 rings (SSSR count). The van der Waals surface area contributed by atoms with Gasteiger partial charge in [-0.3, -0.25) is 14.8 Å². The first-order valence-corrected chi connectivity index (χ1v) is 17.2. The van der Waals surface area contributed by atoms with E-state index in [-0.39, 0.29) is 34.4 Å². The number of amides is 1. The number of guanidine groups is 1. The van der Waals surface area contributed by atoms with E-state index in [1.54, 1.807) is 23.8 Å². The molecule has 0 fully saturated rings. The number of anilines is 1. The van der Waals surface area contributed by atoms with Gasteiger partial charge >= 0.3 is 16.4 Å². The van der Waals surface area contributed by atoms with E-state index in [0.717, 1.165) is 39.2 Å². The predicted molar refractivity (Wildman–Crippen MR) is 182 cm³/mol. The molecule has 2 atom stereocenters. The summed E-state index contributed by atoms with van der Waals surface area (Å²) in [5.74, 6) is -1.71. The SMILES string of the molecule is NC(N)=NCCC[C@H](NC(=O)c1sccc1N[S+](=O)(O)c1cc(-c2ccccc2CNCc2cccnc2)cc2c1OCC2)C(=O)O. The summed E-state index contributed by atoms with van der Waals surface area (Å²) >= 11 is 1.01. The number of carbonyl (C=O) groups excluding carboxylic acids is 1. The first-order chi connectivity index (χ1) is 22.6. The van der Waals surface area contributed by atoms with Gasteiger partial charge in [0.25, 0.3) is 10.8 Å². The summed E-state index contributed by atoms with van der Waals surface area (Å²) in [6.45, 7) is 1.75. The summed E-state index contributed by atoms with van der Waals surface area (Å²) in [6, 6.07) is 15.6. The van der Waals surface area contributed by atoms with E-state index in [9.17, 15) is 23.5 Å². The second-order valence-electron chi connectivity index (χ2n) is 10.8. The second kappa shape index (κ2) is 15.2. The van der Waals surface area contributed by atoms with Gasteiger partial charge in [-0.15, -0.1) is 11.3 Å². The van der Waals surface area contributed by atoms with Crippen LogP contribution in [0.15, 0.2) is 82.3 Å². The van der Waals surface area contributed by atoms with Crippen molar-refractivity contribution in [2.45, 2.75) is 43.3 Å². The molecule has 246 valence electrons. The van der Waals surface area contributed by atoms with Crippen molar-refractivity contribution in [2.75, 3.05) is 17.9 Å². The van der Waals surface area contributed by atoms with Gasteiger partial charge in [-0.1, -0.05) is 30.3 Å². The van der Waals surface area contributed by atoms with Crippen LogP contribution < -0.4 is 31.6 Å². The molecule has 1 aliphatic heterocycles. The number of ether oxygens (including phenoxy) is 1. The molecule has 0 spiro atoms. The number of benzene rings is 2. The maximum Gasteiger partial charge on any atom is 0.350 e. The first-order valence-electron chi connectivity index (χ1n) is 14.8. The number of nitrogens with two attached hydrogens (primary N) is 2. The van der Waals surface area contributed by atoms with Crippen molar-refractivity contribution >= 4 is 45.3 Å². The molecule has 3 heterocycles. The Hall–Kier alpha value is -4.83. The van der Waals surface area contributed by atoms with Crippen molar-refractivity contribution in [3.63, 3.8) is 0 Å². The molecule has 9 N–H and O–H groups in total. The van der Waals surface area contributed by atoms with E-state index in [0.29, 0.717) is 38.3 Å². The molecule has 0 bridgehead atoms. The fourth-order valence-electron chi connectivity index (χ4n) is 5.19. The third-order valence-corrected chi connectivity index (χ3v) is 9.72. The number of hydrogen-bond acceptors (Lipinski definition) is 8. The summed E-state index contributed by atoms with van der Waals surface area (Å²) in [6.07, 6.45) is 4.51. The minimum atomic E-state index is -4.01. The van der Waals surface area contributed by atoms with Crippen LogP contribution in [0.2, 0.25) is 0 Å². The molecule has 15 heteroatoms. The Balaban J connectivity index is 1.36. The number of pyridine rings is 1. The molecule has 2 aromatic carbocycles. The van der Waals surface area contributed by atoms with Crippen LogP contribution in [-0.2, 0) is 38.9 Å². The van der Waals surface area contributed by atoms with Gasteiger partial charge < -0.3 is 31.9 Å². The van der Waals surface area contributed by atoms with Crippen LogP contribution in [0.5, 0.6) is 5.75 Å². The molecule has 1 aliphatic rings. The van der Waals surface area contributed by atoms with Crippen molar-refractivity contribution in [1.29, 1.82) is 0 Å². The number of carboxylic acid groups (broad SMARTS) is 1. The van der Waals surface area contributed by atoms with Gasteiger partial charge in [0.15, 0.2) is 11.7 Å². The highest BCUT2D eigenvalue weighted by Gasteiger charge is 2.39. The van der Waals surface area contributed by atoms with Gasteiger partial charge in [-0.25, -0.2) is 4.79 Å². The number of carbonyl (C=O) groups is 2. The summed E-state index contributed by atoms with van der Waals surface area (Å²) in [7, 11) is -4.01. The predicted octanol–water partition coefficient (Wildman–Crippen LogP) is 3.63. The first kappa shape index (κ1) is 33.5. The second-order valence-corrected chi connectivity index (χ2v) is 13.4. The van der Waals surface area contributed by atoms with Crippen LogP contribution in [0.1, 0.15) is 39.2 Å². The topological polar surface area (TPSA) is 214 Å². The van der Waals surface area contributed by atoms with Crippen LogP contribution in [-0.4, -0.2) is 51.7 Å². The zero-order valence-electron chi connectivity index (χ0n) is 25.3. The van der Waals surface area contributed by atoms with Crippen molar-refractivity contribution in [3.05, 3.63) is 93.9 Å². The Kier molecular flexibility index (Phi) is 10.8. The lowest BCUT2D eigenvalue weighted by Crippen LogP contribution is -2.41. The largest absolute Gasteiger partial charge is 0.488 e. The van der Waals surface area contributed by atoms with Gasteiger partial charge in [-0.2, -0.15) is 9.27 Å². The van der Waals surface area contributed by atoms with E-state index < -0.39 is 28.3 Å². The third kappa shape index (κ3) is 8.51. The monoisotopic (exact) mass is 678 g/mol. The van der Waals surface area contributed by atoms with Crippen molar-refractivity contribution in [3.8, 4) is 16.9 Å². The summed E-state index contributed by atoms with van der Waals surface area (Å²) < 4.78 is 34.0. The average molecular weight is 679 g/mol. The van der Waals surface area contributed by atoms with E-state index in [1.807, 2.05) is 42.5 Å². The van der Waals surface area contributed by atoms with Crippen LogP contribution in [0.3, 0.4) is 0 Å². The number of aliphatic imine (C=N–C) groups is 1. The molecule has 2 aromatic heterocycles. The highest BCUT2D eigenvalue weighted by Crippen LogP contribution is 2.41. The maximum atomic E-state index is 14.0. The molecule has 0 saturated heterocycles. The molecule has 4 aromatic rings. The molecular formula is C32H36N7O6S2+. The summed E-state index contributed by atoms with van der Waals surface area (Å²) in [5.41, 5.74) is 15.2. The Morgan fingerprint density at radius 3 is 2.72 bits per heavy atom. The number of aliphatic carboxylic acids is 1. The van der Waals surface area contributed by atoms with Crippen LogP contribution in [0, 0.1) is 0 Å². The molecule has 0 aliphatic carbocycles. The lowest BCUT2D eigenvalue weighted by molar-refractivity contribution is -0.139. The number of fused-ring (bicyclic) bond motifs is 1. The number of rotatable bonds is 15.